The molecule has 1 unspecified atom stereocenters. The predicted octanol–water partition coefficient (Wildman–Crippen LogP) is 2.39. The number of nitrogens with zero attached hydrogens (tertiary/aromatic N) is 3. The average Bonchev–Trinajstić information content (AvgIpc) is 2.98. The van der Waals surface area contributed by atoms with Crippen LogP contribution in [0.3, 0.4) is 0 Å². The van der Waals surface area contributed by atoms with Crippen LogP contribution in [0.15, 0.2) is 33.3 Å². The molecule has 1 aromatic carbocycles. The van der Waals surface area contributed by atoms with E-state index in [4.69, 9.17) is 4.52 Å². The highest BCUT2D eigenvalue weighted by Crippen LogP contribution is 2.21. The zero-order valence-corrected chi connectivity index (χ0v) is 13.6. The Hall–Kier alpha value is -1.24. The first-order chi connectivity index (χ1) is 10.2. The fourth-order valence-corrected chi connectivity index (χ4v) is 2.97. The molecule has 21 heavy (non-hydrogen) atoms. The molecule has 112 valence electrons. The van der Waals surface area contributed by atoms with Gasteiger partial charge in [0, 0.05) is 37.1 Å². The van der Waals surface area contributed by atoms with E-state index in [1.54, 1.807) is 0 Å². The summed E-state index contributed by atoms with van der Waals surface area (Å²) >= 11 is 3.55. The Bertz CT molecular complexity index is 595. The molecule has 0 bridgehead atoms. The fourth-order valence-electron chi connectivity index (χ4n) is 2.55. The second-order valence-electron chi connectivity index (χ2n) is 5.28. The van der Waals surface area contributed by atoms with Crippen molar-refractivity contribution >= 4 is 15.9 Å². The van der Waals surface area contributed by atoms with Crippen LogP contribution in [-0.4, -0.2) is 41.2 Å². The van der Waals surface area contributed by atoms with Crippen molar-refractivity contribution < 1.29 is 4.52 Å². The van der Waals surface area contributed by atoms with E-state index in [2.05, 4.69) is 49.3 Å². The molecule has 2 heterocycles. The second-order valence-corrected chi connectivity index (χ2v) is 6.13. The van der Waals surface area contributed by atoms with E-state index in [0.29, 0.717) is 12.3 Å². The summed E-state index contributed by atoms with van der Waals surface area (Å²) in [5.74, 6) is 1.44. The Kier molecular flexibility index (Phi) is 4.67. The number of hydrogen-bond donors (Lipinski definition) is 1. The van der Waals surface area contributed by atoms with Crippen LogP contribution in [0.5, 0.6) is 0 Å². The van der Waals surface area contributed by atoms with E-state index in [9.17, 15) is 0 Å². The third kappa shape index (κ3) is 3.51. The van der Waals surface area contributed by atoms with Crippen molar-refractivity contribution in [2.45, 2.75) is 19.4 Å². The number of piperazine rings is 1. The fraction of sp³-hybridized carbons (Fsp3) is 0.467. The molecule has 3 rings (SSSR count). The van der Waals surface area contributed by atoms with Crippen molar-refractivity contribution in [3.63, 3.8) is 0 Å². The highest BCUT2D eigenvalue weighted by atomic mass is 79.9. The smallest absolute Gasteiger partial charge is 0.243 e. The Morgan fingerprint density at radius 1 is 1.33 bits per heavy atom. The third-order valence-corrected chi connectivity index (χ3v) is 4.62. The van der Waals surface area contributed by atoms with Gasteiger partial charge in [-0.25, -0.2) is 0 Å². The lowest BCUT2D eigenvalue weighted by atomic mass is 10.1. The van der Waals surface area contributed by atoms with Gasteiger partial charge in [-0.2, -0.15) is 4.98 Å². The van der Waals surface area contributed by atoms with Gasteiger partial charge in [0.1, 0.15) is 0 Å². The van der Waals surface area contributed by atoms with Crippen molar-refractivity contribution in [1.29, 1.82) is 0 Å². The van der Waals surface area contributed by atoms with Crippen molar-refractivity contribution in [3.05, 3.63) is 46.0 Å². The summed E-state index contributed by atoms with van der Waals surface area (Å²) in [6.45, 7) is 6.19. The Morgan fingerprint density at radius 3 is 2.86 bits per heavy atom. The van der Waals surface area contributed by atoms with E-state index in [1.807, 2.05) is 18.2 Å². The minimum atomic E-state index is 0.174. The molecule has 5 nitrogen and oxygen atoms in total. The Morgan fingerprint density at radius 2 is 2.10 bits per heavy atom. The van der Waals surface area contributed by atoms with Gasteiger partial charge in [-0.1, -0.05) is 39.3 Å². The maximum Gasteiger partial charge on any atom is 0.243 e. The zero-order chi connectivity index (χ0) is 14.7. The molecule has 1 aliphatic rings. The van der Waals surface area contributed by atoms with Gasteiger partial charge in [0.2, 0.25) is 5.89 Å². The van der Waals surface area contributed by atoms with Gasteiger partial charge in [0.25, 0.3) is 0 Å². The monoisotopic (exact) mass is 350 g/mol. The van der Waals surface area contributed by atoms with E-state index in [-0.39, 0.29) is 6.04 Å². The van der Waals surface area contributed by atoms with Crippen LogP contribution in [0, 0.1) is 0 Å². The lowest BCUT2D eigenvalue weighted by Gasteiger charge is -2.30. The molecule has 1 saturated heterocycles. The molecular weight excluding hydrogens is 332 g/mol. The number of nitrogens with one attached hydrogen (secondary N) is 1. The minimum Gasteiger partial charge on any atom is -0.338 e. The minimum absolute atomic E-state index is 0.174. The normalized spacial score (nSPS) is 17.8. The molecule has 1 aliphatic heterocycles. The summed E-state index contributed by atoms with van der Waals surface area (Å²) in [6, 6.07) is 8.29. The highest BCUT2D eigenvalue weighted by molar-refractivity contribution is 9.10. The lowest BCUT2D eigenvalue weighted by molar-refractivity contribution is 0.154. The first-order valence-corrected chi connectivity index (χ1v) is 8.04. The van der Waals surface area contributed by atoms with Crippen LogP contribution in [0.2, 0.25) is 0 Å². The van der Waals surface area contributed by atoms with Gasteiger partial charge >= 0.3 is 0 Å². The van der Waals surface area contributed by atoms with Gasteiger partial charge in [-0.05, 0) is 18.6 Å². The standard InChI is InChI=1S/C15H19BrN4O/c1-11(20-8-6-17-7-9-20)15-18-14(19-21-15)10-12-4-2-3-5-13(12)16/h2-5,11,17H,6-10H2,1H3. The zero-order valence-electron chi connectivity index (χ0n) is 12.1. The van der Waals surface area contributed by atoms with Crippen LogP contribution >= 0.6 is 15.9 Å². The number of hydrogen-bond acceptors (Lipinski definition) is 5. The van der Waals surface area contributed by atoms with Gasteiger partial charge < -0.3 is 9.84 Å². The first-order valence-electron chi connectivity index (χ1n) is 7.24. The van der Waals surface area contributed by atoms with E-state index >= 15 is 0 Å². The summed E-state index contributed by atoms with van der Waals surface area (Å²) in [5.41, 5.74) is 1.17. The maximum atomic E-state index is 5.45. The topological polar surface area (TPSA) is 54.2 Å². The number of halogens is 1. The summed E-state index contributed by atoms with van der Waals surface area (Å²) in [6.07, 6.45) is 0.680. The van der Waals surface area contributed by atoms with E-state index in [0.717, 1.165) is 36.5 Å². The summed E-state index contributed by atoms with van der Waals surface area (Å²) < 4.78 is 6.53. The summed E-state index contributed by atoms with van der Waals surface area (Å²) in [5, 5.41) is 7.47. The largest absolute Gasteiger partial charge is 0.338 e. The van der Waals surface area contributed by atoms with Crippen LogP contribution < -0.4 is 5.32 Å². The van der Waals surface area contributed by atoms with Gasteiger partial charge in [0.05, 0.1) is 6.04 Å². The second kappa shape index (κ2) is 6.68. The summed E-state index contributed by atoms with van der Waals surface area (Å²) in [7, 11) is 0. The lowest BCUT2D eigenvalue weighted by Crippen LogP contribution is -2.44. The number of rotatable bonds is 4. The molecule has 0 saturated carbocycles. The molecule has 1 aromatic heterocycles. The molecule has 1 atom stereocenters. The molecule has 1 fully saturated rings. The van der Waals surface area contributed by atoms with Gasteiger partial charge in [0.15, 0.2) is 5.82 Å². The van der Waals surface area contributed by atoms with Gasteiger partial charge in [-0.15, -0.1) is 0 Å². The molecule has 0 spiro atoms. The van der Waals surface area contributed by atoms with E-state index < -0.39 is 0 Å². The molecule has 1 N–H and O–H groups in total. The molecule has 6 heteroatoms. The number of benzene rings is 1. The molecule has 0 amide bonds. The van der Waals surface area contributed by atoms with Crippen LogP contribution in [-0.2, 0) is 6.42 Å². The van der Waals surface area contributed by atoms with Crippen LogP contribution in [0.25, 0.3) is 0 Å². The molecular formula is C15H19BrN4O. The first kappa shape index (κ1) is 14.7. The van der Waals surface area contributed by atoms with Crippen molar-refractivity contribution in [1.82, 2.24) is 20.4 Å². The maximum absolute atomic E-state index is 5.45. The Labute approximate surface area is 132 Å². The SMILES string of the molecule is CC(c1nc(Cc2ccccc2Br)no1)N1CCNCC1. The van der Waals surface area contributed by atoms with Gasteiger partial charge in [-0.3, -0.25) is 4.90 Å². The van der Waals surface area contributed by atoms with Crippen molar-refractivity contribution in [2.75, 3.05) is 26.2 Å². The quantitative estimate of drug-likeness (QED) is 0.917. The Balaban J connectivity index is 1.69. The van der Waals surface area contributed by atoms with Crippen LogP contribution in [0.1, 0.15) is 30.2 Å². The van der Waals surface area contributed by atoms with E-state index in [1.165, 1.54) is 5.56 Å². The average molecular weight is 351 g/mol. The summed E-state index contributed by atoms with van der Waals surface area (Å²) in [4.78, 5) is 6.93. The third-order valence-electron chi connectivity index (χ3n) is 3.85. The molecule has 2 aromatic rings. The molecule has 0 radical (unpaired) electrons. The van der Waals surface area contributed by atoms with Crippen LogP contribution in [0.4, 0.5) is 0 Å². The van der Waals surface area contributed by atoms with Crippen molar-refractivity contribution in [3.8, 4) is 0 Å². The number of aromatic nitrogens is 2. The molecule has 0 aliphatic carbocycles. The highest BCUT2D eigenvalue weighted by Gasteiger charge is 2.23. The predicted molar refractivity (Wildman–Crippen MR) is 84.1 cm³/mol. The van der Waals surface area contributed by atoms with Crippen molar-refractivity contribution in [2.24, 2.45) is 0 Å².